The average Bonchev–Trinajstić information content (AvgIpc) is 3.98. The monoisotopic (exact) mass is 589 g/mol. The summed E-state index contributed by atoms with van der Waals surface area (Å²) >= 11 is 0. The van der Waals surface area contributed by atoms with Crippen LogP contribution in [0.15, 0.2) is 88.8 Å². The average molecular weight is 590 g/mol. The maximum atomic E-state index is 6.74. The first-order chi connectivity index (χ1) is 21.5. The van der Waals surface area contributed by atoms with Gasteiger partial charge in [0.2, 0.25) is 5.96 Å². The quantitative estimate of drug-likeness (QED) is 0.136. The second-order valence-corrected chi connectivity index (χ2v) is 11.7. The number of H-pyrrole nitrogens is 1. The summed E-state index contributed by atoms with van der Waals surface area (Å²) in [7, 11) is 1.64. The van der Waals surface area contributed by atoms with Gasteiger partial charge in [-0.25, -0.2) is 10.8 Å². The number of aromatic amines is 1. The van der Waals surface area contributed by atoms with E-state index in [4.69, 9.17) is 21.2 Å². The Morgan fingerprint density at radius 3 is 2.50 bits per heavy atom. The van der Waals surface area contributed by atoms with E-state index in [9.17, 15) is 0 Å². The van der Waals surface area contributed by atoms with Gasteiger partial charge in [0.05, 0.1) is 24.2 Å². The van der Waals surface area contributed by atoms with Crippen molar-refractivity contribution < 1.29 is 9.47 Å². The van der Waals surface area contributed by atoms with Crippen LogP contribution in [0.5, 0.6) is 11.5 Å². The van der Waals surface area contributed by atoms with Crippen molar-refractivity contribution in [3.05, 3.63) is 95.8 Å². The van der Waals surface area contributed by atoms with Crippen molar-refractivity contribution in [1.82, 2.24) is 25.3 Å². The zero-order chi connectivity index (χ0) is 29.8. The van der Waals surface area contributed by atoms with Crippen LogP contribution in [0.2, 0.25) is 0 Å². The zero-order valence-corrected chi connectivity index (χ0v) is 24.4. The molecule has 0 saturated heterocycles. The first kappa shape index (κ1) is 26.6. The normalized spacial score (nSPS) is 18.9. The zero-order valence-electron chi connectivity index (χ0n) is 24.4. The minimum absolute atomic E-state index is 0.205. The van der Waals surface area contributed by atoms with E-state index in [1.807, 2.05) is 48.5 Å². The van der Waals surface area contributed by atoms with Gasteiger partial charge in [-0.15, -0.1) is 0 Å². The molecule has 8 rings (SSSR count). The number of hydrogen-bond acceptors (Lipinski definition) is 9. The molecule has 2 aromatic heterocycles. The number of hydrogen-bond donors (Lipinski definition) is 5. The number of methoxy groups -OCH3 is 1. The Bertz CT molecular complexity index is 1880. The lowest BCUT2D eigenvalue weighted by Gasteiger charge is -2.27. The van der Waals surface area contributed by atoms with Gasteiger partial charge in [0.25, 0.3) is 0 Å². The maximum Gasteiger partial charge on any atom is 0.301 e. The first-order valence-electron chi connectivity index (χ1n) is 15.1. The van der Waals surface area contributed by atoms with Crippen molar-refractivity contribution in [2.75, 3.05) is 13.0 Å². The summed E-state index contributed by atoms with van der Waals surface area (Å²) in [5.41, 5.74) is 4.99. The van der Waals surface area contributed by atoms with Crippen LogP contribution < -0.4 is 31.8 Å². The highest BCUT2D eigenvalue weighted by atomic mass is 16.5. The van der Waals surface area contributed by atoms with E-state index in [0.29, 0.717) is 29.5 Å². The lowest BCUT2D eigenvalue weighted by atomic mass is 9.92. The molecule has 3 aliphatic rings. The molecule has 0 bridgehead atoms. The molecule has 3 heterocycles. The summed E-state index contributed by atoms with van der Waals surface area (Å²) in [5, 5.41) is 10.6. The van der Waals surface area contributed by atoms with Gasteiger partial charge in [-0.05, 0) is 73.0 Å². The topological polar surface area (TPSA) is 143 Å². The van der Waals surface area contributed by atoms with Gasteiger partial charge in [-0.3, -0.25) is 15.0 Å². The summed E-state index contributed by atoms with van der Waals surface area (Å²) in [4.78, 5) is 12.9. The molecule has 2 fully saturated rings. The van der Waals surface area contributed by atoms with E-state index in [1.165, 1.54) is 0 Å². The number of para-hydroxylation sites is 2. The second kappa shape index (κ2) is 10.6. The number of ether oxygens (including phenoxy) is 2. The summed E-state index contributed by atoms with van der Waals surface area (Å²) in [6.07, 6.45) is 3.94. The molecule has 7 N–H and O–H groups in total. The molecule has 0 spiro atoms. The molecule has 2 aliphatic carbocycles. The van der Waals surface area contributed by atoms with Crippen molar-refractivity contribution in [1.29, 1.82) is 0 Å². The number of nitrogens with two attached hydrogens (primary N) is 2. The van der Waals surface area contributed by atoms with E-state index in [2.05, 4.69) is 55.9 Å². The SMILES string of the molecule is COc1cc(C(c2cc3ccccc3[nH]2)c2cc3ccccc3n2N)ccc1OC1=NC(N(N)C2CC2)=NC(NC2CC2)N1. The first-order valence-corrected chi connectivity index (χ1v) is 15.1. The molecular formula is C33H35N9O2. The van der Waals surface area contributed by atoms with Crippen LogP contribution in [0.1, 0.15) is 48.6 Å². The van der Waals surface area contributed by atoms with Crippen LogP contribution in [-0.4, -0.2) is 52.1 Å². The molecule has 11 nitrogen and oxygen atoms in total. The lowest BCUT2D eigenvalue weighted by Crippen LogP contribution is -2.53. The molecule has 11 heteroatoms. The molecule has 0 radical (unpaired) electrons. The van der Waals surface area contributed by atoms with Crippen molar-refractivity contribution in [3.8, 4) is 11.5 Å². The van der Waals surface area contributed by atoms with Crippen molar-refractivity contribution in [2.45, 2.75) is 50.0 Å². The molecule has 1 aliphatic heterocycles. The number of nitrogens with one attached hydrogen (secondary N) is 3. The fourth-order valence-corrected chi connectivity index (χ4v) is 5.89. The number of benzene rings is 3. The Hall–Kier alpha value is -5.00. The van der Waals surface area contributed by atoms with E-state index in [1.54, 1.807) is 16.8 Å². The smallest absolute Gasteiger partial charge is 0.301 e. The second-order valence-electron chi connectivity index (χ2n) is 11.7. The molecule has 2 saturated carbocycles. The van der Waals surface area contributed by atoms with Crippen LogP contribution in [0.3, 0.4) is 0 Å². The third-order valence-electron chi connectivity index (χ3n) is 8.51. The lowest BCUT2D eigenvalue weighted by molar-refractivity contribution is 0.369. The molecule has 3 aromatic carbocycles. The number of guanidine groups is 1. The standard InChI is InChI=1S/C33H35N9O2/c1-43-29-18-21(10-15-28(29)44-33-39-31(36-22-11-12-22)38-32(40-33)41(34)23-13-14-23)30(25-16-19-6-2-4-8-24(19)37-25)27-17-20-7-3-5-9-26(20)42(27)35/h2-10,15-18,22-23,30-31,36-37H,11-14,34-35H2,1H3,(H,38,39,40). The summed E-state index contributed by atoms with van der Waals surface area (Å²) in [5.74, 6) is 14.4. The third kappa shape index (κ3) is 4.99. The number of aromatic nitrogens is 2. The van der Waals surface area contributed by atoms with Gasteiger partial charge in [0.15, 0.2) is 17.8 Å². The van der Waals surface area contributed by atoms with Gasteiger partial charge in [0, 0.05) is 28.7 Å². The largest absolute Gasteiger partial charge is 0.493 e. The van der Waals surface area contributed by atoms with Crippen LogP contribution in [-0.2, 0) is 0 Å². The van der Waals surface area contributed by atoms with Gasteiger partial charge in [0.1, 0.15) is 0 Å². The molecule has 44 heavy (non-hydrogen) atoms. The Morgan fingerprint density at radius 1 is 0.955 bits per heavy atom. The number of fused-ring (bicyclic) bond motifs is 2. The fraction of sp³-hybridized carbons (Fsp3) is 0.273. The van der Waals surface area contributed by atoms with Crippen molar-refractivity contribution in [3.63, 3.8) is 0 Å². The highest BCUT2D eigenvalue weighted by molar-refractivity contribution is 5.95. The van der Waals surface area contributed by atoms with E-state index in [0.717, 1.165) is 64.4 Å². The number of aliphatic imine (C=N–C) groups is 2. The Morgan fingerprint density at radius 2 is 1.75 bits per heavy atom. The number of rotatable bonds is 8. The molecule has 2 atom stereocenters. The maximum absolute atomic E-state index is 6.74. The predicted molar refractivity (Wildman–Crippen MR) is 172 cm³/mol. The number of amidine groups is 1. The predicted octanol–water partition coefficient (Wildman–Crippen LogP) is 4.09. The molecule has 2 unspecified atom stereocenters. The van der Waals surface area contributed by atoms with Gasteiger partial charge in [-0.2, -0.15) is 4.99 Å². The van der Waals surface area contributed by atoms with Gasteiger partial charge < -0.3 is 25.6 Å². The number of nitrogens with zero attached hydrogens (tertiary/aromatic N) is 4. The van der Waals surface area contributed by atoms with Crippen LogP contribution in [0.25, 0.3) is 21.8 Å². The Labute approximate surface area is 254 Å². The van der Waals surface area contributed by atoms with Crippen molar-refractivity contribution >= 4 is 33.8 Å². The minimum Gasteiger partial charge on any atom is -0.493 e. The van der Waals surface area contributed by atoms with E-state index in [-0.39, 0.29) is 18.2 Å². The van der Waals surface area contributed by atoms with E-state index < -0.39 is 0 Å². The minimum atomic E-state index is -0.377. The van der Waals surface area contributed by atoms with Crippen molar-refractivity contribution in [2.24, 2.45) is 15.8 Å². The summed E-state index contributed by atoms with van der Waals surface area (Å²) in [6.45, 7) is 0. The highest BCUT2D eigenvalue weighted by Gasteiger charge is 2.34. The molecule has 5 aromatic rings. The van der Waals surface area contributed by atoms with Crippen LogP contribution in [0, 0.1) is 0 Å². The third-order valence-corrected chi connectivity index (χ3v) is 8.51. The fourth-order valence-electron chi connectivity index (χ4n) is 5.89. The summed E-state index contributed by atoms with van der Waals surface area (Å²) in [6, 6.07) is 27.7. The van der Waals surface area contributed by atoms with Gasteiger partial charge in [-0.1, -0.05) is 42.5 Å². The Kier molecular flexibility index (Phi) is 6.42. The summed E-state index contributed by atoms with van der Waals surface area (Å²) < 4.78 is 14.0. The van der Waals surface area contributed by atoms with Crippen LogP contribution in [0.4, 0.5) is 0 Å². The highest BCUT2D eigenvalue weighted by Crippen LogP contribution is 2.39. The Balaban J connectivity index is 1.16. The molecule has 224 valence electrons. The molecular weight excluding hydrogens is 554 g/mol. The van der Waals surface area contributed by atoms with Crippen LogP contribution >= 0.6 is 0 Å². The van der Waals surface area contributed by atoms with E-state index >= 15 is 0 Å². The molecule has 0 amide bonds. The number of nitrogen functional groups attached to an aromatic ring is 1. The van der Waals surface area contributed by atoms with Gasteiger partial charge >= 0.3 is 6.02 Å². The number of hydrazine groups is 1.